The summed E-state index contributed by atoms with van der Waals surface area (Å²) in [4.78, 5) is 26.6. The molecule has 1 saturated heterocycles. The minimum absolute atomic E-state index is 0.145. The van der Waals surface area contributed by atoms with Crippen LogP contribution in [0, 0.1) is 0 Å². The molecule has 3 atom stereocenters. The zero-order chi connectivity index (χ0) is 19.9. The molecule has 1 aliphatic heterocycles. The first-order chi connectivity index (χ1) is 13.6. The van der Waals surface area contributed by atoms with E-state index in [0.717, 1.165) is 11.1 Å². The number of hydrogen-bond acceptors (Lipinski definition) is 5. The Morgan fingerprint density at radius 3 is 2.11 bits per heavy atom. The maximum atomic E-state index is 12.7. The quantitative estimate of drug-likeness (QED) is 0.714. The molecule has 0 N–H and O–H groups in total. The number of methoxy groups -OCH3 is 1. The highest BCUT2D eigenvalue weighted by molar-refractivity contribution is 5.83. The summed E-state index contributed by atoms with van der Waals surface area (Å²) in [5.41, 5.74) is 1.89. The summed E-state index contributed by atoms with van der Waals surface area (Å²) in [6.45, 7) is 2.39. The lowest BCUT2D eigenvalue weighted by atomic mass is 10.1. The van der Waals surface area contributed by atoms with Gasteiger partial charge in [0.2, 0.25) is 0 Å². The molecule has 6 heteroatoms. The fraction of sp³-hybridized carbons (Fsp3) is 0.364. The summed E-state index contributed by atoms with van der Waals surface area (Å²) in [5, 5.41) is 0. The van der Waals surface area contributed by atoms with Gasteiger partial charge in [0, 0.05) is 6.04 Å². The van der Waals surface area contributed by atoms with Gasteiger partial charge >= 0.3 is 12.1 Å². The predicted molar refractivity (Wildman–Crippen MR) is 103 cm³/mol. The molecule has 28 heavy (non-hydrogen) atoms. The third-order valence-electron chi connectivity index (χ3n) is 4.87. The van der Waals surface area contributed by atoms with Gasteiger partial charge in [-0.1, -0.05) is 60.7 Å². The van der Waals surface area contributed by atoms with Crippen molar-refractivity contribution in [3.63, 3.8) is 0 Å². The number of likely N-dealkylation sites (tertiary alicyclic amines) is 1. The standard InChI is InChI=1S/C22H25NO5/c1-16-13-19(27-14-17-9-5-3-6-10-17)20(21(24)26-2)23(16)22(25)28-15-18-11-7-4-8-12-18/h3-12,16,19-20H,13-15H2,1-2H3/t16-,19?,20?/m1/s1. The third-order valence-corrected chi connectivity index (χ3v) is 4.87. The van der Waals surface area contributed by atoms with Crippen LogP contribution in [0.1, 0.15) is 24.5 Å². The van der Waals surface area contributed by atoms with Gasteiger partial charge in [-0.15, -0.1) is 0 Å². The van der Waals surface area contributed by atoms with Crippen molar-refractivity contribution in [1.82, 2.24) is 4.90 Å². The van der Waals surface area contributed by atoms with Crippen molar-refractivity contribution in [2.24, 2.45) is 0 Å². The van der Waals surface area contributed by atoms with Crippen molar-refractivity contribution < 1.29 is 23.8 Å². The van der Waals surface area contributed by atoms with Gasteiger partial charge in [-0.05, 0) is 24.5 Å². The van der Waals surface area contributed by atoms with E-state index in [4.69, 9.17) is 14.2 Å². The molecule has 6 nitrogen and oxygen atoms in total. The molecule has 0 saturated carbocycles. The van der Waals surface area contributed by atoms with Crippen molar-refractivity contribution in [2.45, 2.75) is 44.7 Å². The maximum absolute atomic E-state index is 12.7. The molecule has 0 radical (unpaired) electrons. The number of carbonyl (C=O) groups is 2. The van der Waals surface area contributed by atoms with Gasteiger partial charge in [0.25, 0.3) is 0 Å². The summed E-state index contributed by atoms with van der Waals surface area (Å²) in [6.07, 6.45) is -0.461. The average Bonchev–Trinajstić information content (AvgIpc) is 3.07. The molecule has 1 aliphatic rings. The lowest BCUT2D eigenvalue weighted by Gasteiger charge is -2.27. The Morgan fingerprint density at radius 1 is 0.964 bits per heavy atom. The molecule has 2 aromatic carbocycles. The van der Waals surface area contributed by atoms with E-state index in [-0.39, 0.29) is 12.6 Å². The first kappa shape index (κ1) is 19.9. The second-order valence-electron chi connectivity index (χ2n) is 6.84. The molecule has 0 aromatic heterocycles. The van der Waals surface area contributed by atoms with Gasteiger partial charge < -0.3 is 14.2 Å². The van der Waals surface area contributed by atoms with Crippen LogP contribution in [-0.2, 0) is 32.2 Å². The highest BCUT2D eigenvalue weighted by Gasteiger charge is 2.48. The van der Waals surface area contributed by atoms with E-state index >= 15 is 0 Å². The molecule has 0 bridgehead atoms. The van der Waals surface area contributed by atoms with E-state index in [9.17, 15) is 9.59 Å². The fourth-order valence-corrected chi connectivity index (χ4v) is 3.44. The summed E-state index contributed by atoms with van der Waals surface area (Å²) in [5.74, 6) is -0.501. The highest BCUT2D eigenvalue weighted by atomic mass is 16.6. The molecule has 1 heterocycles. The van der Waals surface area contributed by atoms with Crippen LogP contribution in [0.15, 0.2) is 60.7 Å². The van der Waals surface area contributed by atoms with Gasteiger partial charge in [0.1, 0.15) is 6.61 Å². The lowest BCUT2D eigenvalue weighted by Crippen LogP contribution is -2.48. The molecule has 2 aromatic rings. The SMILES string of the molecule is COC(=O)C1C(OCc2ccccc2)C[C@@H](C)N1C(=O)OCc1ccccc1. The van der Waals surface area contributed by atoms with Crippen LogP contribution in [0.25, 0.3) is 0 Å². The van der Waals surface area contributed by atoms with Crippen molar-refractivity contribution in [2.75, 3.05) is 7.11 Å². The fourth-order valence-electron chi connectivity index (χ4n) is 3.44. The van der Waals surface area contributed by atoms with E-state index in [0.29, 0.717) is 13.0 Å². The lowest BCUT2D eigenvalue weighted by molar-refractivity contribution is -0.150. The Bertz CT molecular complexity index is 780. The molecule has 1 amide bonds. The van der Waals surface area contributed by atoms with Gasteiger partial charge in [-0.3, -0.25) is 4.90 Å². The normalized spacial score (nSPS) is 21.4. The predicted octanol–water partition coefficient (Wildman–Crippen LogP) is 3.54. The number of ether oxygens (including phenoxy) is 3. The second-order valence-corrected chi connectivity index (χ2v) is 6.84. The molecule has 0 spiro atoms. The van der Waals surface area contributed by atoms with Gasteiger partial charge in [-0.25, -0.2) is 9.59 Å². The van der Waals surface area contributed by atoms with Crippen LogP contribution in [0.2, 0.25) is 0 Å². The molecule has 1 fully saturated rings. The molecule has 0 aliphatic carbocycles. The summed E-state index contributed by atoms with van der Waals surface area (Å²) < 4.78 is 16.4. The van der Waals surface area contributed by atoms with Gasteiger partial charge in [-0.2, -0.15) is 0 Å². The van der Waals surface area contributed by atoms with Crippen molar-refractivity contribution >= 4 is 12.1 Å². The Labute approximate surface area is 165 Å². The summed E-state index contributed by atoms with van der Waals surface area (Å²) in [6, 6.07) is 18.1. The third kappa shape index (κ3) is 4.70. The van der Waals surface area contributed by atoms with Gasteiger partial charge in [0.05, 0.1) is 19.8 Å². The number of rotatable bonds is 6. The minimum atomic E-state index is -0.827. The molecule has 2 unspecified atom stereocenters. The van der Waals surface area contributed by atoms with E-state index < -0.39 is 24.2 Å². The van der Waals surface area contributed by atoms with Crippen LogP contribution in [0.4, 0.5) is 4.79 Å². The van der Waals surface area contributed by atoms with Crippen LogP contribution in [-0.4, -0.2) is 42.3 Å². The topological polar surface area (TPSA) is 65.1 Å². The second kappa shape index (κ2) is 9.37. The first-order valence-corrected chi connectivity index (χ1v) is 9.32. The van der Waals surface area contributed by atoms with Crippen LogP contribution in [0.5, 0.6) is 0 Å². The molecule has 148 valence electrons. The maximum Gasteiger partial charge on any atom is 0.411 e. The first-order valence-electron chi connectivity index (χ1n) is 9.32. The molecular weight excluding hydrogens is 358 g/mol. The minimum Gasteiger partial charge on any atom is -0.467 e. The monoisotopic (exact) mass is 383 g/mol. The summed E-state index contributed by atoms with van der Waals surface area (Å²) in [7, 11) is 1.31. The molecular formula is C22H25NO5. The summed E-state index contributed by atoms with van der Waals surface area (Å²) >= 11 is 0. The number of amides is 1. The number of hydrogen-bond donors (Lipinski definition) is 0. The molecule has 3 rings (SSSR count). The van der Waals surface area contributed by atoms with E-state index in [1.165, 1.54) is 12.0 Å². The number of benzene rings is 2. The Morgan fingerprint density at radius 2 is 1.54 bits per heavy atom. The number of nitrogens with zero attached hydrogens (tertiary/aromatic N) is 1. The zero-order valence-corrected chi connectivity index (χ0v) is 16.1. The van der Waals surface area contributed by atoms with E-state index in [1.54, 1.807) is 0 Å². The number of esters is 1. The zero-order valence-electron chi connectivity index (χ0n) is 16.1. The Hall–Kier alpha value is -2.86. The van der Waals surface area contributed by atoms with Crippen molar-refractivity contribution in [3.8, 4) is 0 Å². The average molecular weight is 383 g/mol. The highest BCUT2D eigenvalue weighted by Crippen LogP contribution is 2.29. The van der Waals surface area contributed by atoms with E-state index in [2.05, 4.69) is 0 Å². The van der Waals surface area contributed by atoms with Crippen molar-refractivity contribution in [3.05, 3.63) is 71.8 Å². The largest absolute Gasteiger partial charge is 0.467 e. The van der Waals surface area contributed by atoms with E-state index in [1.807, 2.05) is 67.6 Å². The van der Waals surface area contributed by atoms with Crippen LogP contribution >= 0.6 is 0 Å². The Balaban J connectivity index is 1.68. The van der Waals surface area contributed by atoms with Crippen LogP contribution in [0.3, 0.4) is 0 Å². The Kier molecular flexibility index (Phi) is 6.66. The smallest absolute Gasteiger partial charge is 0.411 e. The van der Waals surface area contributed by atoms with Gasteiger partial charge in [0.15, 0.2) is 6.04 Å². The number of carbonyl (C=O) groups excluding carboxylic acids is 2. The van der Waals surface area contributed by atoms with Crippen molar-refractivity contribution in [1.29, 1.82) is 0 Å². The van der Waals surface area contributed by atoms with Crippen LogP contribution < -0.4 is 0 Å².